The van der Waals surface area contributed by atoms with Crippen molar-refractivity contribution in [3.63, 3.8) is 0 Å². The summed E-state index contributed by atoms with van der Waals surface area (Å²) in [5.74, 6) is 1.07. The lowest BCUT2D eigenvalue weighted by molar-refractivity contribution is 0.195. The van der Waals surface area contributed by atoms with Crippen molar-refractivity contribution in [2.24, 2.45) is 0 Å². The van der Waals surface area contributed by atoms with Crippen LogP contribution in [0.15, 0.2) is 42.5 Å². The van der Waals surface area contributed by atoms with E-state index in [9.17, 15) is 5.11 Å². The van der Waals surface area contributed by atoms with E-state index >= 15 is 0 Å². The highest BCUT2D eigenvalue weighted by atomic mass is 16.5. The lowest BCUT2D eigenvalue weighted by Gasteiger charge is -2.15. The molecule has 0 unspecified atom stereocenters. The normalized spacial score (nSPS) is 11.7. The molecular weight excluding hydrogens is 266 g/mol. The SMILES string of the molecule is C[C@H](O)c1ccc(C#N)cc1Oc1ccccc1CCO. The molecule has 0 aromatic heterocycles. The molecule has 2 N–H and O–H groups in total. The van der Waals surface area contributed by atoms with Crippen LogP contribution < -0.4 is 4.74 Å². The van der Waals surface area contributed by atoms with Gasteiger partial charge in [-0.1, -0.05) is 24.3 Å². The highest BCUT2D eigenvalue weighted by molar-refractivity contribution is 5.47. The first kappa shape index (κ1) is 15.0. The van der Waals surface area contributed by atoms with E-state index in [0.29, 0.717) is 29.0 Å². The topological polar surface area (TPSA) is 73.5 Å². The van der Waals surface area contributed by atoms with E-state index in [1.807, 2.05) is 18.2 Å². The third kappa shape index (κ3) is 3.60. The predicted molar refractivity (Wildman–Crippen MR) is 79.1 cm³/mol. The minimum absolute atomic E-state index is 0.0296. The molecule has 0 aliphatic carbocycles. The van der Waals surface area contributed by atoms with Crippen LogP contribution in [0.4, 0.5) is 0 Å². The molecule has 0 amide bonds. The Morgan fingerprint density at radius 1 is 1.19 bits per heavy atom. The highest BCUT2D eigenvalue weighted by Crippen LogP contribution is 2.32. The summed E-state index contributed by atoms with van der Waals surface area (Å²) < 4.78 is 5.87. The maximum Gasteiger partial charge on any atom is 0.134 e. The van der Waals surface area contributed by atoms with E-state index in [1.165, 1.54) is 0 Å². The number of benzene rings is 2. The number of para-hydroxylation sites is 1. The van der Waals surface area contributed by atoms with Crippen molar-refractivity contribution in [3.05, 3.63) is 59.2 Å². The van der Waals surface area contributed by atoms with Crippen LogP contribution in [0.5, 0.6) is 11.5 Å². The molecule has 4 heteroatoms. The van der Waals surface area contributed by atoms with Crippen LogP contribution in [-0.4, -0.2) is 16.8 Å². The maximum absolute atomic E-state index is 9.82. The fourth-order valence-electron chi connectivity index (χ4n) is 2.09. The van der Waals surface area contributed by atoms with Gasteiger partial charge in [-0.15, -0.1) is 0 Å². The number of ether oxygens (including phenoxy) is 1. The Morgan fingerprint density at radius 2 is 1.95 bits per heavy atom. The second-order valence-corrected chi connectivity index (χ2v) is 4.72. The lowest BCUT2D eigenvalue weighted by Crippen LogP contribution is -1.99. The van der Waals surface area contributed by atoms with Gasteiger partial charge in [-0.05, 0) is 37.1 Å². The van der Waals surface area contributed by atoms with Crippen molar-refractivity contribution >= 4 is 0 Å². The molecular formula is C17H17NO3. The van der Waals surface area contributed by atoms with Gasteiger partial charge in [0.05, 0.1) is 17.7 Å². The Bertz CT molecular complexity index is 659. The molecule has 1 atom stereocenters. The van der Waals surface area contributed by atoms with Crippen molar-refractivity contribution in [2.45, 2.75) is 19.4 Å². The number of rotatable bonds is 5. The number of hydrogen-bond acceptors (Lipinski definition) is 4. The first-order chi connectivity index (χ1) is 10.2. The second-order valence-electron chi connectivity index (χ2n) is 4.72. The highest BCUT2D eigenvalue weighted by Gasteiger charge is 2.12. The van der Waals surface area contributed by atoms with Gasteiger partial charge in [0.1, 0.15) is 11.5 Å². The van der Waals surface area contributed by atoms with Crippen LogP contribution >= 0.6 is 0 Å². The van der Waals surface area contributed by atoms with Gasteiger partial charge in [0.2, 0.25) is 0 Å². The van der Waals surface area contributed by atoms with Gasteiger partial charge in [0.25, 0.3) is 0 Å². The lowest BCUT2D eigenvalue weighted by atomic mass is 10.1. The zero-order chi connectivity index (χ0) is 15.2. The van der Waals surface area contributed by atoms with Gasteiger partial charge in [-0.25, -0.2) is 0 Å². The van der Waals surface area contributed by atoms with Crippen LogP contribution in [0.3, 0.4) is 0 Å². The first-order valence-corrected chi connectivity index (χ1v) is 6.74. The average Bonchev–Trinajstić information content (AvgIpc) is 2.49. The second kappa shape index (κ2) is 6.89. The molecule has 0 fully saturated rings. The number of aliphatic hydroxyl groups is 2. The molecule has 0 radical (unpaired) electrons. The summed E-state index contributed by atoms with van der Waals surface area (Å²) in [5, 5.41) is 27.9. The van der Waals surface area contributed by atoms with Gasteiger partial charge in [0.15, 0.2) is 0 Å². The van der Waals surface area contributed by atoms with E-state index in [0.717, 1.165) is 5.56 Å². The molecule has 0 spiro atoms. The largest absolute Gasteiger partial charge is 0.457 e. The molecule has 0 bridgehead atoms. The van der Waals surface area contributed by atoms with Crippen LogP contribution in [0.2, 0.25) is 0 Å². The monoisotopic (exact) mass is 283 g/mol. The third-order valence-corrected chi connectivity index (χ3v) is 3.17. The number of nitriles is 1. The number of aliphatic hydroxyl groups excluding tert-OH is 2. The van der Waals surface area contributed by atoms with Crippen molar-refractivity contribution in [2.75, 3.05) is 6.61 Å². The molecule has 0 saturated carbocycles. The Kier molecular flexibility index (Phi) is 4.94. The van der Waals surface area contributed by atoms with Gasteiger partial charge in [0, 0.05) is 12.2 Å². The van der Waals surface area contributed by atoms with Crippen molar-refractivity contribution in [1.29, 1.82) is 5.26 Å². The molecule has 2 rings (SSSR count). The first-order valence-electron chi connectivity index (χ1n) is 6.74. The molecule has 21 heavy (non-hydrogen) atoms. The molecule has 0 aliphatic heterocycles. The van der Waals surface area contributed by atoms with Gasteiger partial charge >= 0.3 is 0 Å². The summed E-state index contributed by atoms with van der Waals surface area (Å²) in [6, 6.07) is 14.4. The smallest absolute Gasteiger partial charge is 0.134 e. The summed E-state index contributed by atoms with van der Waals surface area (Å²) in [7, 11) is 0. The Balaban J connectivity index is 2.41. The van der Waals surface area contributed by atoms with Crippen LogP contribution in [-0.2, 0) is 6.42 Å². The fourth-order valence-corrected chi connectivity index (χ4v) is 2.09. The number of nitrogens with zero attached hydrogens (tertiary/aromatic N) is 1. The van der Waals surface area contributed by atoms with E-state index in [-0.39, 0.29) is 6.61 Å². The van der Waals surface area contributed by atoms with Gasteiger partial charge in [-0.3, -0.25) is 0 Å². The summed E-state index contributed by atoms with van der Waals surface area (Å²) in [6.07, 6.45) is -0.212. The van der Waals surface area contributed by atoms with Crippen LogP contribution in [0.1, 0.15) is 29.7 Å². The molecule has 0 heterocycles. The molecule has 108 valence electrons. The maximum atomic E-state index is 9.82. The summed E-state index contributed by atoms with van der Waals surface area (Å²) in [5.41, 5.74) is 1.96. The molecule has 4 nitrogen and oxygen atoms in total. The summed E-state index contributed by atoms with van der Waals surface area (Å²) >= 11 is 0. The minimum Gasteiger partial charge on any atom is -0.457 e. The predicted octanol–water partition coefficient (Wildman–Crippen LogP) is 2.94. The standard InChI is InChI=1S/C17H17NO3/c1-12(20)15-7-6-13(11-18)10-17(15)21-16-5-3-2-4-14(16)8-9-19/h2-7,10,12,19-20H,8-9H2,1H3/t12-/m0/s1. The molecule has 0 aliphatic rings. The molecule has 0 saturated heterocycles. The van der Waals surface area contributed by atoms with Gasteiger partial charge in [-0.2, -0.15) is 5.26 Å². The quantitative estimate of drug-likeness (QED) is 0.884. The average molecular weight is 283 g/mol. The van der Waals surface area contributed by atoms with Crippen LogP contribution in [0.25, 0.3) is 0 Å². The summed E-state index contributed by atoms with van der Waals surface area (Å²) in [4.78, 5) is 0. The Labute approximate surface area is 123 Å². The number of hydrogen-bond donors (Lipinski definition) is 2. The van der Waals surface area contributed by atoms with Crippen molar-refractivity contribution in [3.8, 4) is 17.6 Å². The third-order valence-electron chi connectivity index (χ3n) is 3.17. The Morgan fingerprint density at radius 3 is 2.62 bits per heavy atom. The van der Waals surface area contributed by atoms with E-state index in [4.69, 9.17) is 15.1 Å². The van der Waals surface area contributed by atoms with Crippen LogP contribution in [0, 0.1) is 11.3 Å². The molecule has 2 aromatic rings. The van der Waals surface area contributed by atoms with Gasteiger partial charge < -0.3 is 14.9 Å². The molecule has 2 aromatic carbocycles. The zero-order valence-electron chi connectivity index (χ0n) is 11.8. The Hall–Kier alpha value is -2.35. The zero-order valence-corrected chi connectivity index (χ0v) is 11.8. The minimum atomic E-state index is -0.697. The van der Waals surface area contributed by atoms with Crippen molar-refractivity contribution in [1.82, 2.24) is 0 Å². The fraction of sp³-hybridized carbons (Fsp3) is 0.235. The summed E-state index contributed by atoms with van der Waals surface area (Å²) in [6.45, 7) is 1.68. The van der Waals surface area contributed by atoms with E-state index in [1.54, 1.807) is 31.2 Å². The van der Waals surface area contributed by atoms with E-state index < -0.39 is 6.10 Å². The van der Waals surface area contributed by atoms with E-state index in [2.05, 4.69) is 6.07 Å². The van der Waals surface area contributed by atoms with Crippen molar-refractivity contribution < 1.29 is 14.9 Å².